The van der Waals surface area contributed by atoms with Gasteiger partial charge in [0.2, 0.25) is 23.6 Å². The minimum Gasteiger partial charge on any atom is -0.488 e. The van der Waals surface area contributed by atoms with Crippen LogP contribution in [0, 0.1) is 33.5 Å². The van der Waals surface area contributed by atoms with Crippen LogP contribution in [0.2, 0.25) is 0 Å². The van der Waals surface area contributed by atoms with E-state index in [4.69, 9.17) is 4.74 Å². The average Bonchev–Trinajstić information content (AvgIpc) is 3.17. The van der Waals surface area contributed by atoms with E-state index in [9.17, 15) is 19.2 Å². The van der Waals surface area contributed by atoms with Crippen LogP contribution in [0.25, 0.3) is 11.1 Å². The van der Waals surface area contributed by atoms with E-state index in [2.05, 4.69) is 22.8 Å². The zero-order chi connectivity index (χ0) is 27.5. The van der Waals surface area contributed by atoms with Crippen molar-refractivity contribution in [3.05, 3.63) is 54.1 Å². The molecule has 2 N–H and O–H groups in total. The average molecular weight is 527 g/mol. The van der Waals surface area contributed by atoms with Crippen molar-refractivity contribution in [2.75, 3.05) is 0 Å². The minimum atomic E-state index is -0.955. The summed E-state index contributed by atoms with van der Waals surface area (Å²) in [6, 6.07) is 15.9. The van der Waals surface area contributed by atoms with Gasteiger partial charge in [0.25, 0.3) is 0 Å². The summed E-state index contributed by atoms with van der Waals surface area (Å²) in [5.74, 6) is -0.448. The highest BCUT2D eigenvalue weighted by Gasteiger charge is 2.79. The van der Waals surface area contributed by atoms with Crippen molar-refractivity contribution < 1.29 is 23.9 Å². The van der Waals surface area contributed by atoms with E-state index in [1.165, 1.54) is 0 Å². The van der Waals surface area contributed by atoms with Crippen LogP contribution in [0.3, 0.4) is 0 Å². The molecule has 0 radical (unpaired) electrons. The predicted octanol–water partition coefficient (Wildman–Crippen LogP) is 4.36. The van der Waals surface area contributed by atoms with Gasteiger partial charge in [-0.3, -0.25) is 29.8 Å². The van der Waals surface area contributed by atoms with Gasteiger partial charge in [-0.1, -0.05) is 55.3 Å². The third-order valence-electron chi connectivity index (χ3n) is 11.9. The molecule has 202 valence electrons. The molecule has 0 spiro atoms. The number of hydrogen-bond acceptors (Lipinski definition) is 5. The molecular formula is C32H34N2O5. The number of carbonyl (C=O) groups excluding carboxylic acids is 4. The fraction of sp³-hybridized carbons (Fsp3) is 0.500. The molecule has 39 heavy (non-hydrogen) atoms. The van der Waals surface area contributed by atoms with Gasteiger partial charge in [-0.2, -0.15) is 0 Å². The summed E-state index contributed by atoms with van der Waals surface area (Å²) >= 11 is 0. The lowest BCUT2D eigenvalue weighted by Crippen LogP contribution is -2.70. The Morgan fingerprint density at radius 2 is 1.15 bits per heavy atom. The van der Waals surface area contributed by atoms with E-state index in [0.29, 0.717) is 5.75 Å². The molecule has 8 unspecified atom stereocenters. The van der Waals surface area contributed by atoms with E-state index in [-0.39, 0.29) is 41.4 Å². The first-order chi connectivity index (χ1) is 18.5. The number of carbonyl (C=O) groups is 4. The van der Waals surface area contributed by atoms with E-state index in [1.807, 2.05) is 64.1 Å². The second kappa shape index (κ2) is 7.58. The van der Waals surface area contributed by atoms with Crippen molar-refractivity contribution >= 4 is 23.6 Å². The monoisotopic (exact) mass is 526 g/mol. The number of benzene rings is 2. The van der Waals surface area contributed by atoms with Crippen molar-refractivity contribution in [2.45, 2.75) is 65.4 Å². The van der Waals surface area contributed by atoms with E-state index in [0.717, 1.165) is 42.4 Å². The van der Waals surface area contributed by atoms with Gasteiger partial charge in [-0.15, -0.1) is 0 Å². The topological polar surface area (TPSA) is 102 Å². The second-order valence-electron chi connectivity index (χ2n) is 13.0. The Bertz CT molecular complexity index is 1480. The van der Waals surface area contributed by atoms with Crippen LogP contribution in [-0.4, -0.2) is 29.7 Å². The molecule has 0 aromatic heterocycles. The summed E-state index contributed by atoms with van der Waals surface area (Å²) in [6.07, 6.45) is 2.79. The minimum absolute atomic E-state index is 0.00155. The number of nitrogens with one attached hydrogen (secondary N) is 2. The van der Waals surface area contributed by atoms with E-state index < -0.39 is 27.8 Å². The molecule has 2 saturated carbocycles. The lowest BCUT2D eigenvalue weighted by atomic mass is 9.38. The predicted molar refractivity (Wildman–Crippen MR) is 143 cm³/mol. The van der Waals surface area contributed by atoms with Gasteiger partial charge in [0.05, 0.1) is 21.7 Å². The normalized spacial score (nSPS) is 42.2. The lowest BCUT2D eigenvalue weighted by Gasteiger charge is -2.61. The summed E-state index contributed by atoms with van der Waals surface area (Å²) in [6.45, 7) is 7.66. The molecule has 5 aliphatic rings. The van der Waals surface area contributed by atoms with Crippen LogP contribution in [0.1, 0.15) is 64.9 Å². The molecule has 7 nitrogen and oxygen atoms in total. The standard InChI is InChI=1S/C32H34N2O5/c1-29-20-14-8-9-15-21-24(32(4)28(38)34-26(36)30(21,32)2)39-22-16-10-7-12-18(22)17-11-5-6-13-19(17)23(20)31(29,3)27(37)33-25(29)35/h5-7,10-13,16,20-21,23-24H,8-9,14-15H2,1-4H3,(H,33,35,37)(H,34,36,38). The van der Waals surface area contributed by atoms with Gasteiger partial charge in [0, 0.05) is 17.4 Å². The highest BCUT2D eigenvalue weighted by Crippen LogP contribution is 2.73. The molecule has 3 aliphatic heterocycles. The number of fused-ring (bicyclic) bond motifs is 12. The number of ether oxygens (including phenoxy) is 1. The molecule has 3 heterocycles. The molecular weight excluding hydrogens is 492 g/mol. The molecule has 7 rings (SSSR count). The van der Waals surface area contributed by atoms with Crippen LogP contribution >= 0.6 is 0 Å². The zero-order valence-corrected chi connectivity index (χ0v) is 22.8. The molecule has 2 aliphatic carbocycles. The van der Waals surface area contributed by atoms with Crippen molar-refractivity contribution in [3.8, 4) is 16.9 Å². The van der Waals surface area contributed by atoms with Crippen molar-refractivity contribution in [2.24, 2.45) is 33.5 Å². The SMILES string of the molecule is CC12C(=O)NC(=O)C1(C)C1Oc3ccccc3-c3ccccc3C3C(CCCCC12)C1(C)C(=O)NC(=O)C31C. The Hall–Kier alpha value is -3.48. The Balaban J connectivity index is 1.40. The molecule has 2 aromatic carbocycles. The Labute approximate surface area is 228 Å². The summed E-state index contributed by atoms with van der Waals surface area (Å²) in [7, 11) is 0. The quantitative estimate of drug-likeness (QED) is 0.497. The van der Waals surface area contributed by atoms with Gasteiger partial charge >= 0.3 is 0 Å². The van der Waals surface area contributed by atoms with Gasteiger partial charge in [0.1, 0.15) is 11.9 Å². The van der Waals surface area contributed by atoms with Gasteiger partial charge < -0.3 is 4.74 Å². The highest BCUT2D eigenvalue weighted by atomic mass is 16.5. The third kappa shape index (κ3) is 2.56. The fourth-order valence-corrected chi connectivity index (χ4v) is 9.21. The number of para-hydroxylation sites is 1. The maximum Gasteiger partial charge on any atom is 0.237 e. The Morgan fingerprint density at radius 1 is 0.641 bits per heavy atom. The maximum absolute atomic E-state index is 13.3. The highest BCUT2D eigenvalue weighted by molar-refractivity contribution is 6.12. The van der Waals surface area contributed by atoms with Crippen molar-refractivity contribution in [3.63, 3.8) is 0 Å². The third-order valence-corrected chi connectivity index (χ3v) is 11.9. The smallest absolute Gasteiger partial charge is 0.237 e. The number of imide groups is 2. The van der Waals surface area contributed by atoms with Gasteiger partial charge in [-0.25, -0.2) is 0 Å². The number of hydrogen-bond donors (Lipinski definition) is 2. The van der Waals surface area contributed by atoms with Gasteiger partial charge in [-0.05, 0) is 63.6 Å². The van der Waals surface area contributed by atoms with E-state index >= 15 is 0 Å². The first kappa shape index (κ1) is 24.6. The summed E-state index contributed by atoms with van der Waals surface area (Å²) in [5, 5.41) is 5.25. The zero-order valence-electron chi connectivity index (χ0n) is 22.8. The maximum atomic E-state index is 13.3. The number of amides is 4. The molecule has 4 fully saturated rings. The van der Waals surface area contributed by atoms with Crippen LogP contribution in [0.4, 0.5) is 0 Å². The Kier molecular flexibility index (Phi) is 4.77. The molecule has 4 amide bonds. The number of rotatable bonds is 0. The molecule has 2 aromatic rings. The molecule has 7 heteroatoms. The van der Waals surface area contributed by atoms with Crippen LogP contribution in [0.15, 0.2) is 48.5 Å². The van der Waals surface area contributed by atoms with Crippen LogP contribution in [-0.2, 0) is 19.2 Å². The summed E-state index contributed by atoms with van der Waals surface area (Å²) < 4.78 is 6.77. The molecule has 2 saturated heterocycles. The second-order valence-corrected chi connectivity index (χ2v) is 13.0. The fourth-order valence-electron chi connectivity index (χ4n) is 9.21. The molecule has 8 atom stereocenters. The summed E-state index contributed by atoms with van der Waals surface area (Å²) in [4.78, 5) is 52.7. The largest absolute Gasteiger partial charge is 0.488 e. The lowest BCUT2D eigenvalue weighted by molar-refractivity contribution is -0.201. The molecule has 0 bridgehead atoms. The van der Waals surface area contributed by atoms with Crippen molar-refractivity contribution in [1.29, 1.82) is 0 Å². The first-order valence-electron chi connectivity index (χ1n) is 14.1. The van der Waals surface area contributed by atoms with Gasteiger partial charge in [0.15, 0.2) is 0 Å². The first-order valence-corrected chi connectivity index (χ1v) is 14.1. The summed E-state index contributed by atoms with van der Waals surface area (Å²) in [5.41, 5.74) is -0.520. The van der Waals surface area contributed by atoms with Crippen molar-refractivity contribution in [1.82, 2.24) is 10.6 Å². The van der Waals surface area contributed by atoms with Crippen LogP contribution in [0.5, 0.6) is 5.75 Å². The van der Waals surface area contributed by atoms with E-state index in [1.54, 1.807) is 0 Å². The Morgan fingerprint density at radius 3 is 1.85 bits per heavy atom. The van der Waals surface area contributed by atoms with Crippen LogP contribution < -0.4 is 15.4 Å².